The first-order chi connectivity index (χ1) is 8.08. The van der Waals surface area contributed by atoms with Crippen LogP contribution in [-0.2, 0) is 4.79 Å². The second-order valence-electron chi connectivity index (χ2n) is 3.98. The number of hydrogen-bond donors (Lipinski definition) is 2. The second-order valence-corrected chi connectivity index (χ2v) is 4.41. The van der Waals surface area contributed by atoms with E-state index in [0.29, 0.717) is 11.4 Å². The van der Waals surface area contributed by atoms with Gasteiger partial charge in [0, 0.05) is 11.1 Å². The van der Waals surface area contributed by atoms with Gasteiger partial charge in [-0.1, -0.05) is 37.6 Å². The van der Waals surface area contributed by atoms with Crippen molar-refractivity contribution in [3.05, 3.63) is 34.9 Å². The van der Waals surface area contributed by atoms with E-state index in [9.17, 15) is 4.79 Å². The summed E-state index contributed by atoms with van der Waals surface area (Å²) in [6.07, 6.45) is 1.41. The third kappa shape index (κ3) is 4.02. The molecule has 0 heterocycles. The molecule has 1 aromatic rings. The number of benzene rings is 1. The van der Waals surface area contributed by atoms with Crippen LogP contribution in [0.2, 0.25) is 5.02 Å². The third-order valence-electron chi connectivity index (χ3n) is 2.79. The molecule has 0 aliphatic rings. The highest BCUT2D eigenvalue weighted by molar-refractivity contribution is 6.30. The highest BCUT2D eigenvalue weighted by Crippen LogP contribution is 2.20. The van der Waals surface area contributed by atoms with Gasteiger partial charge in [-0.15, -0.1) is 0 Å². The molecule has 2 atom stereocenters. The zero-order valence-corrected chi connectivity index (χ0v) is 10.9. The SMILES string of the molecule is CCC(NC(CC)c1ccc(Cl)cc1)C(=O)O. The van der Waals surface area contributed by atoms with Crippen molar-refractivity contribution in [2.24, 2.45) is 0 Å². The summed E-state index contributed by atoms with van der Waals surface area (Å²) in [5, 5.41) is 12.9. The van der Waals surface area contributed by atoms with Crippen LogP contribution in [0.5, 0.6) is 0 Å². The van der Waals surface area contributed by atoms with Crippen LogP contribution in [0.25, 0.3) is 0 Å². The molecule has 17 heavy (non-hydrogen) atoms. The van der Waals surface area contributed by atoms with E-state index in [2.05, 4.69) is 5.32 Å². The van der Waals surface area contributed by atoms with Gasteiger partial charge < -0.3 is 5.11 Å². The van der Waals surface area contributed by atoms with E-state index in [1.807, 2.05) is 38.1 Å². The molecule has 0 spiro atoms. The van der Waals surface area contributed by atoms with Gasteiger partial charge in [-0.25, -0.2) is 0 Å². The Labute approximate surface area is 107 Å². The molecule has 0 aromatic heterocycles. The summed E-state index contributed by atoms with van der Waals surface area (Å²) in [4.78, 5) is 11.0. The summed E-state index contributed by atoms with van der Waals surface area (Å²) in [5.41, 5.74) is 1.07. The molecule has 0 bridgehead atoms. The average molecular weight is 256 g/mol. The Bertz CT molecular complexity index is 364. The number of rotatable bonds is 6. The largest absolute Gasteiger partial charge is 0.480 e. The summed E-state index contributed by atoms with van der Waals surface area (Å²) in [5.74, 6) is -0.806. The van der Waals surface area contributed by atoms with Gasteiger partial charge in [-0.2, -0.15) is 0 Å². The number of carbonyl (C=O) groups is 1. The van der Waals surface area contributed by atoms with E-state index in [1.54, 1.807) is 0 Å². The molecule has 94 valence electrons. The number of carboxylic acid groups (broad SMARTS) is 1. The molecule has 0 saturated carbocycles. The van der Waals surface area contributed by atoms with Gasteiger partial charge in [0.25, 0.3) is 0 Å². The maximum Gasteiger partial charge on any atom is 0.320 e. The summed E-state index contributed by atoms with van der Waals surface area (Å²) in [6, 6.07) is 7.05. The lowest BCUT2D eigenvalue weighted by Crippen LogP contribution is -2.38. The first kappa shape index (κ1) is 14.0. The molecule has 0 radical (unpaired) electrons. The van der Waals surface area contributed by atoms with E-state index in [4.69, 9.17) is 16.7 Å². The molecule has 3 nitrogen and oxygen atoms in total. The maximum absolute atomic E-state index is 11.0. The van der Waals surface area contributed by atoms with Crippen LogP contribution in [0.15, 0.2) is 24.3 Å². The molecule has 0 fully saturated rings. The van der Waals surface area contributed by atoms with Crippen LogP contribution in [0.1, 0.15) is 38.3 Å². The van der Waals surface area contributed by atoms with E-state index in [0.717, 1.165) is 12.0 Å². The molecule has 2 N–H and O–H groups in total. The topological polar surface area (TPSA) is 49.3 Å². The maximum atomic E-state index is 11.0. The van der Waals surface area contributed by atoms with Gasteiger partial charge in [-0.05, 0) is 30.5 Å². The Morgan fingerprint density at radius 3 is 2.29 bits per heavy atom. The van der Waals surface area contributed by atoms with E-state index >= 15 is 0 Å². The van der Waals surface area contributed by atoms with Crippen molar-refractivity contribution in [1.29, 1.82) is 0 Å². The fourth-order valence-electron chi connectivity index (χ4n) is 1.75. The molecular weight excluding hydrogens is 238 g/mol. The Balaban J connectivity index is 2.77. The predicted octanol–water partition coefficient (Wildman–Crippen LogP) is 3.24. The Morgan fingerprint density at radius 2 is 1.88 bits per heavy atom. The smallest absolute Gasteiger partial charge is 0.320 e. The minimum absolute atomic E-state index is 0.0494. The first-order valence-electron chi connectivity index (χ1n) is 5.82. The van der Waals surface area contributed by atoms with Gasteiger partial charge in [0.1, 0.15) is 6.04 Å². The van der Waals surface area contributed by atoms with E-state index in [1.165, 1.54) is 0 Å². The monoisotopic (exact) mass is 255 g/mol. The van der Waals surface area contributed by atoms with Crippen LogP contribution in [-0.4, -0.2) is 17.1 Å². The second kappa shape index (κ2) is 6.62. The predicted molar refractivity (Wildman–Crippen MR) is 69.3 cm³/mol. The summed E-state index contributed by atoms with van der Waals surface area (Å²) < 4.78 is 0. The molecule has 2 unspecified atom stereocenters. The van der Waals surface area contributed by atoms with Crippen molar-refractivity contribution in [2.45, 2.75) is 38.8 Å². The standard InChI is InChI=1S/C13H18ClNO2/c1-3-11(15-12(4-2)13(16)17)9-5-7-10(14)8-6-9/h5-8,11-12,15H,3-4H2,1-2H3,(H,16,17). The molecule has 0 saturated heterocycles. The van der Waals surface area contributed by atoms with E-state index < -0.39 is 12.0 Å². The van der Waals surface area contributed by atoms with Crippen molar-refractivity contribution < 1.29 is 9.90 Å². The number of halogens is 1. The normalized spacial score (nSPS) is 14.3. The number of carboxylic acids is 1. The molecule has 1 rings (SSSR count). The minimum Gasteiger partial charge on any atom is -0.480 e. The first-order valence-corrected chi connectivity index (χ1v) is 6.20. The van der Waals surface area contributed by atoms with Gasteiger partial charge >= 0.3 is 5.97 Å². The van der Waals surface area contributed by atoms with Crippen molar-refractivity contribution >= 4 is 17.6 Å². The molecule has 1 aromatic carbocycles. The van der Waals surface area contributed by atoms with Crippen LogP contribution < -0.4 is 5.32 Å². The average Bonchev–Trinajstić information content (AvgIpc) is 2.32. The zero-order chi connectivity index (χ0) is 12.8. The highest BCUT2D eigenvalue weighted by atomic mass is 35.5. The van der Waals surface area contributed by atoms with Crippen LogP contribution in [0.3, 0.4) is 0 Å². The quantitative estimate of drug-likeness (QED) is 0.820. The van der Waals surface area contributed by atoms with Gasteiger partial charge in [0.2, 0.25) is 0 Å². The van der Waals surface area contributed by atoms with Gasteiger partial charge in [0.15, 0.2) is 0 Å². The molecule has 0 aliphatic carbocycles. The summed E-state index contributed by atoms with van der Waals surface area (Å²) >= 11 is 5.83. The third-order valence-corrected chi connectivity index (χ3v) is 3.04. The Kier molecular flexibility index (Phi) is 5.45. The lowest BCUT2D eigenvalue weighted by atomic mass is 10.0. The van der Waals surface area contributed by atoms with E-state index in [-0.39, 0.29) is 6.04 Å². The molecular formula is C13H18ClNO2. The summed E-state index contributed by atoms with van der Waals surface area (Å²) in [6.45, 7) is 3.89. The molecule has 4 heteroatoms. The lowest BCUT2D eigenvalue weighted by molar-refractivity contribution is -0.139. The fourth-order valence-corrected chi connectivity index (χ4v) is 1.88. The molecule has 0 aliphatic heterocycles. The van der Waals surface area contributed by atoms with Gasteiger partial charge in [-0.3, -0.25) is 10.1 Å². The fraction of sp³-hybridized carbons (Fsp3) is 0.462. The number of aliphatic carboxylic acids is 1. The minimum atomic E-state index is -0.806. The Morgan fingerprint density at radius 1 is 1.29 bits per heavy atom. The van der Waals surface area contributed by atoms with Crippen LogP contribution >= 0.6 is 11.6 Å². The highest BCUT2D eigenvalue weighted by Gasteiger charge is 2.19. The number of nitrogens with one attached hydrogen (secondary N) is 1. The Hall–Kier alpha value is -1.06. The zero-order valence-electron chi connectivity index (χ0n) is 10.1. The van der Waals surface area contributed by atoms with Crippen molar-refractivity contribution in [3.63, 3.8) is 0 Å². The number of hydrogen-bond acceptors (Lipinski definition) is 2. The van der Waals surface area contributed by atoms with Crippen LogP contribution in [0.4, 0.5) is 0 Å². The van der Waals surface area contributed by atoms with Crippen molar-refractivity contribution in [1.82, 2.24) is 5.32 Å². The summed E-state index contributed by atoms with van der Waals surface area (Å²) in [7, 11) is 0. The van der Waals surface area contributed by atoms with Crippen LogP contribution in [0, 0.1) is 0 Å². The van der Waals surface area contributed by atoms with Crippen molar-refractivity contribution in [3.8, 4) is 0 Å². The van der Waals surface area contributed by atoms with Gasteiger partial charge in [0.05, 0.1) is 0 Å². The lowest BCUT2D eigenvalue weighted by Gasteiger charge is -2.21. The van der Waals surface area contributed by atoms with Crippen molar-refractivity contribution in [2.75, 3.05) is 0 Å². The molecule has 0 amide bonds.